The summed E-state index contributed by atoms with van der Waals surface area (Å²) in [6.07, 6.45) is 0. The van der Waals surface area contributed by atoms with E-state index in [-0.39, 0.29) is 0 Å². The minimum atomic E-state index is -1.07. The summed E-state index contributed by atoms with van der Waals surface area (Å²) in [7, 11) is 0. The van der Waals surface area contributed by atoms with Crippen LogP contribution in [0.3, 0.4) is 0 Å². The second kappa shape index (κ2) is 17.7. The van der Waals surface area contributed by atoms with Crippen molar-refractivity contribution < 1.29 is 9.47 Å². The molecular weight excluding hydrogens is 901 g/mol. The van der Waals surface area contributed by atoms with E-state index in [1.54, 1.807) is 6.07 Å². The molecule has 2 aromatic heterocycles. The molecular formula is C63H40N8O2. The molecule has 344 valence electrons. The van der Waals surface area contributed by atoms with Crippen molar-refractivity contribution in [1.82, 2.24) is 29.9 Å². The molecule has 0 bridgehead atoms. The van der Waals surface area contributed by atoms with Crippen LogP contribution in [-0.4, -0.2) is 29.9 Å². The number of para-hydroxylation sites is 4. The number of nitriles is 1. The monoisotopic (exact) mass is 940 g/mol. The summed E-state index contributed by atoms with van der Waals surface area (Å²) in [5.74, 6) is 5.43. The highest BCUT2D eigenvalue weighted by molar-refractivity contribution is 5.87. The summed E-state index contributed by atoms with van der Waals surface area (Å²) in [5.41, 5.74) is 10.9. The first-order valence-corrected chi connectivity index (χ1v) is 23.9. The van der Waals surface area contributed by atoms with E-state index in [1.165, 1.54) is 0 Å². The van der Waals surface area contributed by atoms with Crippen LogP contribution >= 0.6 is 0 Å². The molecule has 13 rings (SSSR count). The molecule has 0 saturated heterocycles. The van der Waals surface area contributed by atoms with E-state index >= 15 is 0 Å². The van der Waals surface area contributed by atoms with E-state index < -0.39 is 5.60 Å². The van der Waals surface area contributed by atoms with E-state index in [9.17, 15) is 5.26 Å². The van der Waals surface area contributed by atoms with Gasteiger partial charge in [-0.2, -0.15) is 5.26 Å². The van der Waals surface area contributed by atoms with Gasteiger partial charge < -0.3 is 14.4 Å². The first kappa shape index (κ1) is 43.0. The number of rotatable bonds is 8. The van der Waals surface area contributed by atoms with Gasteiger partial charge in [0.05, 0.1) is 23.0 Å². The fraction of sp³-hybridized carbons (Fsp3) is 0.0317. The molecule has 10 heteroatoms. The fourth-order valence-electron chi connectivity index (χ4n) is 9.69. The molecule has 9 aromatic carbocycles. The maximum absolute atomic E-state index is 10.1. The number of fused-ring (bicyclic) bond motifs is 5. The Bertz CT molecular complexity index is 3850. The van der Waals surface area contributed by atoms with Crippen LogP contribution in [0.4, 0.5) is 17.1 Å². The Hall–Kier alpha value is -10.1. The van der Waals surface area contributed by atoms with E-state index in [1.807, 2.05) is 177 Å². The van der Waals surface area contributed by atoms with E-state index in [0.29, 0.717) is 46.3 Å². The summed E-state index contributed by atoms with van der Waals surface area (Å²) in [4.78, 5) is 32.6. The maximum atomic E-state index is 10.1. The molecule has 0 radical (unpaired) electrons. The van der Waals surface area contributed by atoms with Crippen molar-refractivity contribution in [2.24, 2.45) is 0 Å². The molecule has 1 atom stereocenters. The highest BCUT2D eigenvalue weighted by Crippen LogP contribution is 2.52. The Kier molecular flexibility index (Phi) is 10.4. The number of aromatic nitrogens is 6. The van der Waals surface area contributed by atoms with Crippen molar-refractivity contribution >= 4 is 17.1 Å². The van der Waals surface area contributed by atoms with Gasteiger partial charge in [0, 0.05) is 55.8 Å². The van der Waals surface area contributed by atoms with Crippen LogP contribution < -0.4 is 14.4 Å². The second-order valence-corrected chi connectivity index (χ2v) is 17.9. The molecule has 0 N–H and O–H groups in total. The van der Waals surface area contributed by atoms with Crippen molar-refractivity contribution in [3.8, 4) is 103 Å². The summed E-state index contributed by atoms with van der Waals surface area (Å²) in [5, 5.41) is 10.1. The van der Waals surface area contributed by atoms with E-state index in [0.717, 1.165) is 84.2 Å². The predicted molar refractivity (Wildman–Crippen MR) is 284 cm³/mol. The Morgan fingerprint density at radius 1 is 0.397 bits per heavy atom. The average Bonchev–Trinajstić information content (AvgIpc) is 3.47. The molecule has 0 spiro atoms. The summed E-state index contributed by atoms with van der Waals surface area (Å²) >= 11 is 0. The standard InChI is InChI=1S/C63H40N8O2/c1-63(47-23-15-16-40(36-47)39-64)51-37-45(61-67-57(41-17-5-2-6-18-41)65-58(68-61)42-19-7-3-8-20-42)30-34-49(51)50-35-31-46(38-56(50)73-63)62-69-59(43-21-9-4-10-22-43)66-60(70-62)44-28-32-48(33-29-44)71-52-24-11-13-26-54(52)72-55-27-14-12-25-53(55)71/h2-38H,1H3. The Labute approximate surface area is 421 Å². The minimum Gasteiger partial charge on any atom is -0.477 e. The predicted octanol–water partition coefficient (Wildman–Crippen LogP) is 14.8. The first-order valence-electron chi connectivity index (χ1n) is 23.9. The van der Waals surface area contributed by atoms with Crippen LogP contribution in [0.2, 0.25) is 0 Å². The molecule has 2 aliphatic heterocycles. The zero-order chi connectivity index (χ0) is 48.9. The molecule has 0 saturated carbocycles. The van der Waals surface area contributed by atoms with Crippen LogP contribution in [0.25, 0.3) is 79.5 Å². The lowest BCUT2D eigenvalue weighted by molar-refractivity contribution is 0.129. The number of hydrogen-bond acceptors (Lipinski definition) is 10. The number of benzene rings is 9. The first-order chi connectivity index (χ1) is 36.0. The Balaban J connectivity index is 0.924. The van der Waals surface area contributed by atoms with Gasteiger partial charge in [-0.25, -0.2) is 29.9 Å². The SMILES string of the molecule is CC1(c2cccc(C#N)c2)Oc2cc(-c3nc(-c4ccccc4)nc(-c4ccc(N5c6ccccc6Oc6ccccc65)cc4)n3)ccc2-c2ccc(-c3nc(-c4ccccc4)nc(-c4ccccc4)n3)cc21. The topological polar surface area (TPSA) is 123 Å². The largest absolute Gasteiger partial charge is 0.477 e. The van der Waals surface area contributed by atoms with Crippen molar-refractivity contribution in [3.05, 3.63) is 241 Å². The Morgan fingerprint density at radius 2 is 0.836 bits per heavy atom. The Morgan fingerprint density at radius 3 is 1.36 bits per heavy atom. The third kappa shape index (κ3) is 7.78. The number of anilines is 3. The second-order valence-electron chi connectivity index (χ2n) is 17.9. The molecule has 0 aliphatic carbocycles. The van der Waals surface area contributed by atoms with Crippen LogP contribution in [-0.2, 0) is 5.60 Å². The van der Waals surface area contributed by atoms with Crippen LogP contribution in [0.5, 0.6) is 17.2 Å². The molecule has 0 amide bonds. The van der Waals surface area contributed by atoms with Crippen molar-refractivity contribution in [3.63, 3.8) is 0 Å². The van der Waals surface area contributed by atoms with Gasteiger partial charge in [-0.3, -0.25) is 0 Å². The molecule has 10 nitrogen and oxygen atoms in total. The molecule has 1 unspecified atom stereocenters. The van der Waals surface area contributed by atoms with Gasteiger partial charge in [-0.05, 0) is 91.3 Å². The third-order valence-corrected chi connectivity index (χ3v) is 13.4. The van der Waals surface area contributed by atoms with Crippen LogP contribution in [0, 0.1) is 11.3 Å². The van der Waals surface area contributed by atoms with Gasteiger partial charge >= 0.3 is 0 Å². The molecule has 0 fully saturated rings. The van der Waals surface area contributed by atoms with Gasteiger partial charge in [0.15, 0.2) is 52.0 Å². The molecule has 2 aliphatic rings. The molecule has 11 aromatic rings. The zero-order valence-electron chi connectivity index (χ0n) is 39.3. The van der Waals surface area contributed by atoms with Gasteiger partial charge in [0.2, 0.25) is 0 Å². The normalized spacial score (nSPS) is 14.1. The molecule has 4 heterocycles. The fourth-order valence-corrected chi connectivity index (χ4v) is 9.69. The quantitative estimate of drug-likeness (QED) is 0.145. The number of ether oxygens (including phenoxy) is 2. The minimum absolute atomic E-state index is 0.489. The lowest BCUT2D eigenvalue weighted by Gasteiger charge is -2.38. The van der Waals surface area contributed by atoms with E-state index in [2.05, 4.69) is 59.5 Å². The maximum Gasteiger partial charge on any atom is 0.164 e. The third-order valence-electron chi connectivity index (χ3n) is 13.4. The van der Waals surface area contributed by atoms with Crippen molar-refractivity contribution in [2.45, 2.75) is 12.5 Å². The van der Waals surface area contributed by atoms with Gasteiger partial charge in [0.1, 0.15) is 5.75 Å². The average molecular weight is 941 g/mol. The smallest absolute Gasteiger partial charge is 0.164 e. The highest BCUT2D eigenvalue weighted by Gasteiger charge is 2.39. The summed E-state index contributed by atoms with van der Waals surface area (Å²) in [6.45, 7) is 2.05. The van der Waals surface area contributed by atoms with Crippen LogP contribution in [0.1, 0.15) is 23.6 Å². The van der Waals surface area contributed by atoms with Crippen molar-refractivity contribution in [1.29, 1.82) is 5.26 Å². The lowest BCUT2D eigenvalue weighted by Crippen LogP contribution is -2.34. The van der Waals surface area contributed by atoms with Gasteiger partial charge in [-0.1, -0.05) is 146 Å². The lowest BCUT2D eigenvalue weighted by atomic mass is 9.79. The van der Waals surface area contributed by atoms with Crippen LogP contribution in [0.15, 0.2) is 224 Å². The van der Waals surface area contributed by atoms with Gasteiger partial charge in [0.25, 0.3) is 0 Å². The van der Waals surface area contributed by atoms with Crippen molar-refractivity contribution in [2.75, 3.05) is 4.90 Å². The zero-order valence-corrected chi connectivity index (χ0v) is 39.3. The van der Waals surface area contributed by atoms with E-state index in [4.69, 9.17) is 39.4 Å². The molecule has 73 heavy (non-hydrogen) atoms. The van der Waals surface area contributed by atoms with Gasteiger partial charge in [-0.15, -0.1) is 0 Å². The highest BCUT2D eigenvalue weighted by atomic mass is 16.5. The summed E-state index contributed by atoms with van der Waals surface area (Å²) < 4.78 is 13.6. The summed E-state index contributed by atoms with van der Waals surface area (Å²) in [6, 6.07) is 76.5. The number of nitrogens with zero attached hydrogens (tertiary/aromatic N) is 8. The number of hydrogen-bond donors (Lipinski definition) is 0.